The second kappa shape index (κ2) is 4.73. The van der Waals surface area contributed by atoms with Crippen LogP contribution in [0.3, 0.4) is 0 Å². The molecule has 0 saturated carbocycles. The maximum Gasteiger partial charge on any atom is 0.338 e. The summed E-state index contributed by atoms with van der Waals surface area (Å²) in [7, 11) is 0. The van der Waals surface area contributed by atoms with E-state index < -0.39 is 3.98 Å². The number of benzene rings is 1. The molecule has 0 amide bonds. The molecule has 0 N–H and O–H groups in total. The van der Waals surface area contributed by atoms with Crippen molar-refractivity contribution in [1.82, 2.24) is 0 Å². The van der Waals surface area contributed by atoms with E-state index in [2.05, 4.69) is 0 Å². The van der Waals surface area contributed by atoms with E-state index in [-0.39, 0.29) is 15.8 Å². The minimum Gasteiger partial charge on any atom is -0.444 e. The first-order valence-electron chi connectivity index (χ1n) is 3.20. The SMILES string of the molecule is Clc1cc(Cl)c(OC(Cl)(Cl)Cl)cc1Cl. The Labute approximate surface area is 111 Å². The van der Waals surface area contributed by atoms with E-state index in [0.717, 1.165) is 0 Å². The van der Waals surface area contributed by atoms with Crippen LogP contribution in [0.25, 0.3) is 0 Å². The van der Waals surface area contributed by atoms with Crippen molar-refractivity contribution in [2.24, 2.45) is 0 Å². The summed E-state index contributed by atoms with van der Waals surface area (Å²) >= 11 is 33.4. The summed E-state index contributed by atoms with van der Waals surface area (Å²) in [5, 5.41) is 0.777. The van der Waals surface area contributed by atoms with E-state index in [1.807, 2.05) is 0 Å². The van der Waals surface area contributed by atoms with Crippen molar-refractivity contribution in [3.05, 3.63) is 27.2 Å². The van der Waals surface area contributed by atoms with E-state index in [1.54, 1.807) is 0 Å². The molecule has 1 aromatic rings. The molecular weight excluding hydrogens is 313 g/mol. The Hall–Kier alpha value is 0.760. The average molecular weight is 315 g/mol. The molecule has 1 rings (SSSR count). The van der Waals surface area contributed by atoms with E-state index in [1.165, 1.54) is 12.1 Å². The molecule has 78 valence electrons. The lowest BCUT2D eigenvalue weighted by atomic mass is 10.3. The van der Waals surface area contributed by atoms with Gasteiger partial charge in [0.05, 0.1) is 15.1 Å². The molecule has 0 aliphatic heterocycles. The molecule has 0 unspecified atom stereocenters. The Morgan fingerprint density at radius 2 is 1.36 bits per heavy atom. The van der Waals surface area contributed by atoms with Gasteiger partial charge in [-0.05, 0) is 40.9 Å². The fraction of sp³-hybridized carbons (Fsp3) is 0.143. The number of hydrogen-bond donors (Lipinski definition) is 0. The Morgan fingerprint density at radius 3 is 1.86 bits per heavy atom. The van der Waals surface area contributed by atoms with Crippen LogP contribution in [0.5, 0.6) is 5.75 Å². The van der Waals surface area contributed by atoms with Crippen molar-refractivity contribution in [2.75, 3.05) is 0 Å². The molecule has 0 spiro atoms. The molecule has 1 nitrogen and oxygen atoms in total. The Morgan fingerprint density at radius 1 is 0.857 bits per heavy atom. The largest absolute Gasteiger partial charge is 0.444 e. The second-order valence-corrected chi connectivity index (χ2v) is 5.64. The molecule has 14 heavy (non-hydrogen) atoms. The molecule has 0 aliphatic rings. The smallest absolute Gasteiger partial charge is 0.338 e. The number of hydrogen-bond acceptors (Lipinski definition) is 1. The van der Waals surface area contributed by atoms with Crippen molar-refractivity contribution in [3.8, 4) is 5.75 Å². The van der Waals surface area contributed by atoms with Crippen LogP contribution in [-0.2, 0) is 0 Å². The first kappa shape index (κ1) is 12.8. The molecule has 7 heteroatoms. The topological polar surface area (TPSA) is 9.23 Å². The first-order chi connectivity index (χ1) is 6.29. The van der Waals surface area contributed by atoms with Gasteiger partial charge in [-0.25, -0.2) is 0 Å². The van der Waals surface area contributed by atoms with E-state index in [0.29, 0.717) is 5.02 Å². The highest BCUT2D eigenvalue weighted by atomic mass is 35.6. The highest BCUT2D eigenvalue weighted by molar-refractivity contribution is 6.66. The molecule has 0 heterocycles. The molecule has 0 aromatic heterocycles. The van der Waals surface area contributed by atoms with Gasteiger partial charge in [-0.15, -0.1) is 0 Å². The fourth-order valence-electron chi connectivity index (χ4n) is 0.707. The lowest BCUT2D eigenvalue weighted by molar-refractivity contribution is 0.320. The van der Waals surface area contributed by atoms with Gasteiger partial charge in [0.15, 0.2) is 0 Å². The quantitative estimate of drug-likeness (QED) is 0.501. The summed E-state index contributed by atoms with van der Waals surface area (Å²) in [5.74, 6) is 0.154. The van der Waals surface area contributed by atoms with E-state index >= 15 is 0 Å². The first-order valence-corrected chi connectivity index (χ1v) is 5.46. The highest BCUT2D eigenvalue weighted by Crippen LogP contribution is 2.38. The minimum absolute atomic E-state index is 0.154. The molecule has 0 radical (unpaired) electrons. The summed E-state index contributed by atoms with van der Waals surface area (Å²) < 4.78 is 3.00. The van der Waals surface area contributed by atoms with Gasteiger partial charge >= 0.3 is 3.98 Å². The van der Waals surface area contributed by atoms with Crippen LogP contribution >= 0.6 is 69.6 Å². The van der Waals surface area contributed by atoms with Crippen LogP contribution in [0, 0.1) is 0 Å². The van der Waals surface area contributed by atoms with Gasteiger partial charge in [-0.2, -0.15) is 0 Å². The summed E-state index contributed by atoms with van der Waals surface area (Å²) in [6, 6.07) is 2.77. The van der Waals surface area contributed by atoms with Crippen LogP contribution < -0.4 is 4.74 Å². The lowest BCUT2D eigenvalue weighted by Gasteiger charge is -2.15. The zero-order chi connectivity index (χ0) is 10.9. The fourth-order valence-corrected chi connectivity index (χ4v) is 1.53. The third-order valence-electron chi connectivity index (χ3n) is 1.20. The molecule has 0 saturated heterocycles. The van der Waals surface area contributed by atoms with Crippen molar-refractivity contribution < 1.29 is 4.74 Å². The highest BCUT2D eigenvalue weighted by Gasteiger charge is 2.23. The van der Waals surface area contributed by atoms with Gasteiger partial charge < -0.3 is 4.74 Å². The summed E-state index contributed by atoms with van der Waals surface area (Å²) in [6.07, 6.45) is 0. The third kappa shape index (κ3) is 3.73. The van der Waals surface area contributed by atoms with Gasteiger partial charge in [-0.1, -0.05) is 34.8 Å². The number of halogens is 6. The number of rotatable bonds is 1. The van der Waals surface area contributed by atoms with Crippen molar-refractivity contribution in [1.29, 1.82) is 0 Å². The summed E-state index contributed by atoms with van der Waals surface area (Å²) in [4.78, 5) is 0. The number of alkyl halides is 3. The molecular formula is C7H2Cl6O. The molecule has 0 aliphatic carbocycles. The Kier molecular flexibility index (Phi) is 4.34. The van der Waals surface area contributed by atoms with E-state index in [4.69, 9.17) is 74.3 Å². The summed E-state index contributed by atoms with van der Waals surface area (Å²) in [6.45, 7) is 0. The van der Waals surface area contributed by atoms with Crippen LogP contribution in [0.1, 0.15) is 0 Å². The average Bonchev–Trinajstić information content (AvgIpc) is 1.97. The Balaban J connectivity index is 3.04. The maximum atomic E-state index is 5.76. The molecule has 0 bridgehead atoms. The maximum absolute atomic E-state index is 5.76. The van der Waals surface area contributed by atoms with Gasteiger partial charge in [0, 0.05) is 6.07 Å². The summed E-state index contributed by atoms with van der Waals surface area (Å²) in [5.41, 5.74) is 0. The molecule has 1 aromatic carbocycles. The molecule has 0 fully saturated rings. The van der Waals surface area contributed by atoms with Crippen LogP contribution in [0.2, 0.25) is 15.1 Å². The van der Waals surface area contributed by atoms with Crippen LogP contribution in [0.4, 0.5) is 0 Å². The Bertz CT molecular complexity index is 345. The zero-order valence-electron chi connectivity index (χ0n) is 6.33. The van der Waals surface area contributed by atoms with Crippen molar-refractivity contribution in [2.45, 2.75) is 3.98 Å². The van der Waals surface area contributed by atoms with Gasteiger partial charge in [0.25, 0.3) is 0 Å². The number of ether oxygens (including phenoxy) is 1. The van der Waals surface area contributed by atoms with Crippen LogP contribution in [-0.4, -0.2) is 3.98 Å². The van der Waals surface area contributed by atoms with E-state index in [9.17, 15) is 0 Å². The van der Waals surface area contributed by atoms with Crippen LogP contribution in [0.15, 0.2) is 12.1 Å². The predicted molar refractivity (Wildman–Crippen MR) is 62.4 cm³/mol. The van der Waals surface area contributed by atoms with Gasteiger partial charge in [-0.3, -0.25) is 0 Å². The minimum atomic E-state index is -1.89. The van der Waals surface area contributed by atoms with Crippen molar-refractivity contribution >= 4 is 69.6 Å². The predicted octanol–water partition coefficient (Wildman–Crippen LogP) is 5.35. The van der Waals surface area contributed by atoms with Crippen molar-refractivity contribution in [3.63, 3.8) is 0 Å². The monoisotopic (exact) mass is 312 g/mol. The third-order valence-corrected chi connectivity index (χ3v) is 2.45. The normalized spacial score (nSPS) is 11.6. The van der Waals surface area contributed by atoms with Gasteiger partial charge in [0.2, 0.25) is 0 Å². The van der Waals surface area contributed by atoms with Gasteiger partial charge in [0.1, 0.15) is 5.75 Å². The lowest BCUT2D eigenvalue weighted by Crippen LogP contribution is -2.12. The second-order valence-electron chi connectivity index (χ2n) is 2.24. The standard InChI is InChI=1S/C7H2Cl6O/c8-3-1-5(10)6(2-4(3)9)14-7(11,12)13/h1-2H. The molecule has 0 atom stereocenters. The zero-order valence-corrected chi connectivity index (χ0v) is 10.9.